The molecule has 1 N–H and O–H groups in total. The van der Waals surface area contributed by atoms with Crippen LogP contribution in [-0.4, -0.2) is 54.3 Å². The van der Waals surface area contributed by atoms with Gasteiger partial charge in [-0.15, -0.1) is 11.3 Å². The number of ether oxygens (including phenoxy) is 1. The van der Waals surface area contributed by atoms with Gasteiger partial charge in [0.1, 0.15) is 10.3 Å². The first-order chi connectivity index (χ1) is 11.8. The van der Waals surface area contributed by atoms with E-state index >= 15 is 0 Å². The van der Waals surface area contributed by atoms with E-state index in [1.54, 1.807) is 14.1 Å². The van der Waals surface area contributed by atoms with Crippen LogP contribution in [0.15, 0.2) is 4.99 Å². The summed E-state index contributed by atoms with van der Waals surface area (Å²) in [5.41, 5.74) is 1.28. The van der Waals surface area contributed by atoms with E-state index in [1.807, 2.05) is 13.8 Å². The van der Waals surface area contributed by atoms with Crippen LogP contribution < -0.4 is 5.32 Å². The normalized spacial score (nSPS) is 18.8. The summed E-state index contributed by atoms with van der Waals surface area (Å²) in [6.45, 7) is 3.85. The molecule has 0 unspecified atom stereocenters. The molecular formula is C16H21N3O4S2. The Hall–Kier alpha value is -1.87. The third-order valence-electron chi connectivity index (χ3n) is 3.91. The maximum atomic E-state index is 12.4. The van der Waals surface area contributed by atoms with E-state index in [9.17, 15) is 14.4 Å². The lowest BCUT2D eigenvalue weighted by molar-refractivity contribution is -0.127. The maximum Gasteiger partial charge on any atom is 0.341 e. The number of methoxy groups -OCH3 is 1. The van der Waals surface area contributed by atoms with Crippen molar-refractivity contribution >= 4 is 51.1 Å². The van der Waals surface area contributed by atoms with Crippen LogP contribution in [0.1, 0.15) is 34.1 Å². The Kier molecular flexibility index (Phi) is 6.23. The highest BCUT2D eigenvalue weighted by Crippen LogP contribution is 2.35. The Bertz CT molecular complexity index is 742. The second-order valence-electron chi connectivity index (χ2n) is 5.45. The van der Waals surface area contributed by atoms with Gasteiger partial charge in [-0.2, -0.15) is 0 Å². The summed E-state index contributed by atoms with van der Waals surface area (Å²) in [6, 6.07) is 0. The van der Waals surface area contributed by atoms with Gasteiger partial charge in [0.15, 0.2) is 5.17 Å². The number of anilines is 1. The summed E-state index contributed by atoms with van der Waals surface area (Å²) in [4.78, 5) is 43.1. The van der Waals surface area contributed by atoms with E-state index < -0.39 is 11.2 Å². The number of hydrogen-bond acceptors (Lipinski definition) is 7. The number of aryl methyl sites for hydroxylation is 1. The molecule has 0 saturated carbocycles. The molecular weight excluding hydrogens is 362 g/mol. The number of carbonyl (C=O) groups is 3. The number of carbonyl (C=O) groups excluding carboxylic acids is 3. The number of amidine groups is 1. The fourth-order valence-corrected chi connectivity index (χ4v) is 4.91. The van der Waals surface area contributed by atoms with Crippen molar-refractivity contribution in [2.75, 3.05) is 26.5 Å². The Morgan fingerprint density at radius 1 is 1.40 bits per heavy atom. The lowest BCUT2D eigenvalue weighted by Crippen LogP contribution is -2.30. The van der Waals surface area contributed by atoms with Crippen molar-refractivity contribution in [2.45, 2.75) is 31.9 Å². The molecule has 1 saturated heterocycles. The molecule has 1 aliphatic rings. The Balaban J connectivity index is 2.16. The number of nitrogens with zero attached hydrogens (tertiary/aromatic N) is 2. The van der Waals surface area contributed by atoms with Gasteiger partial charge in [-0.05, 0) is 18.9 Å². The topological polar surface area (TPSA) is 88.1 Å². The van der Waals surface area contributed by atoms with E-state index in [4.69, 9.17) is 4.74 Å². The molecule has 2 rings (SSSR count). The molecule has 136 valence electrons. The van der Waals surface area contributed by atoms with Crippen LogP contribution in [-0.2, 0) is 20.7 Å². The second-order valence-corrected chi connectivity index (χ2v) is 7.84. The number of nitrogens with one attached hydrogen (secondary N) is 1. The minimum atomic E-state index is -0.503. The van der Waals surface area contributed by atoms with Gasteiger partial charge in [-0.25, -0.2) is 4.79 Å². The molecule has 0 spiro atoms. The monoisotopic (exact) mass is 383 g/mol. The molecule has 1 aromatic heterocycles. The average molecular weight is 383 g/mol. The Morgan fingerprint density at radius 3 is 2.60 bits per heavy atom. The third-order valence-corrected chi connectivity index (χ3v) is 6.29. The number of amides is 2. The summed E-state index contributed by atoms with van der Waals surface area (Å²) in [7, 11) is 4.56. The minimum Gasteiger partial charge on any atom is -0.465 e. The van der Waals surface area contributed by atoms with Crippen molar-refractivity contribution in [3.63, 3.8) is 0 Å². The summed E-state index contributed by atoms with van der Waals surface area (Å²) in [6.07, 6.45) is 0.687. The van der Waals surface area contributed by atoms with Gasteiger partial charge in [0.05, 0.1) is 12.7 Å². The van der Waals surface area contributed by atoms with E-state index in [2.05, 4.69) is 10.3 Å². The molecule has 0 aliphatic carbocycles. The number of rotatable bonds is 5. The van der Waals surface area contributed by atoms with Crippen LogP contribution in [0.3, 0.4) is 0 Å². The van der Waals surface area contributed by atoms with Gasteiger partial charge < -0.3 is 10.1 Å². The molecule has 0 bridgehead atoms. The summed E-state index contributed by atoms with van der Waals surface area (Å²) < 4.78 is 4.84. The molecule has 2 amide bonds. The largest absolute Gasteiger partial charge is 0.465 e. The zero-order valence-electron chi connectivity index (χ0n) is 14.8. The fraction of sp³-hybridized carbons (Fsp3) is 0.500. The van der Waals surface area contributed by atoms with E-state index in [0.717, 1.165) is 10.4 Å². The van der Waals surface area contributed by atoms with E-state index in [1.165, 1.54) is 35.1 Å². The molecule has 1 aliphatic heterocycles. The van der Waals surface area contributed by atoms with Gasteiger partial charge in [-0.3, -0.25) is 19.5 Å². The van der Waals surface area contributed by atoms with Crippen LogP contribution in [0.2, 0.25) is 0 Å². The average Bonchev–Trinajstić information content (AvgIpc) is 3.04. The highest BCUT2D eigenvalue weighted by atomic mass is 32.2. The van der Waals surface area contributed by atoms with Crippen LogP contribution in [0, 0.1) is 6.92 Å². The van der Waals surface area contributed by atoms with Crippen molar-refractivity contribution < 1.29 is 19.1 Å². The van der Waals surface area contributed by atoms with Crippen LogP contribution in [0.4, 0.5) is 5.00 Å². The van der Waals surface area contributed by atoms with Crippen molar-refractivity contribution in [2.24, 2.45) is 4.99 Å². The molecule has 9 heteroatoms. The van der Waals surface area contributed by atoms with Crippen LogP contribution in [0.5, 0.6) is 0 Å². The molecule has 1 fully saturated rings. The van der Waals surface area contributed by atoms with Crippen molar-refractivity contribution in [1.29, 1.82) is 0 Å². The molecule has 25 heavy (non-hydrogen) atoms. The fourth-order valence-electron chi connectivity index (χ4n) is 2.66. The van der Waals surface area contributed by atoms with E-state index in [0.29, 0.717) is 22.2 Å². The third kappa shape index (κ3) is 3.87. The van der Waals surface area contributed by atoms with Gasteiger partial charge in [0, 0.05) is 25.4 Å². The van der Waals surface area contributed by atoms with Crippen LogP contribution in [0.25, 0.3) is 0 Å². The molecule has 7 nitrogen and oxygen atoms in total. The molecule has 0 aromatic carbocycles. The van der Waals surface area contributed by atoms with Gasteiger partial charge in [0.25, 0.3) is 0 Å². The number of hydrogen-bond donors (Lipinski definition) is 1. The first-order valence-corrected chi connectivity index (χ1v) is 9.45. The number of thioether (sulfide) groups is 1. The number of esters is 1. The van der Waals surface area contributed by atoms with Gasteiger partial charge in [-0.1, -0.05) is 18.7 Å². The highest BCUT2D eigenvalue weighted by Gasteiger charge is 2.36. The predicted molar refractivity (Wildman–Crippen MR) is 101 cm³/mol. The summed E-state index contributed by atoms with van der Waals surface area (Å²) >= 11 is 2.61. The first kappa shape index (κ1) is 19.5. The minimum absolute atomic E-state index is 0.0197. The van der Waals surface area contributed by atoms with Crippen molar-refractivity contribution in [3.05, 3.63) is 16.0 Å². The Labute approximate surface area is 154 Å². The number of aliphatic imine (C=N–C) groups is 1. The first-order valence-electron chi connectivity index (χ1n) is 7.75. The zero-order valence-corrected chi connectivity index (χ0v) is 16.5. The lowest BCUT2D eigenvalue weighted by Gasteiger charge is -2.09. The molecule has 0 radical (unpaired) electrons. The predicted octanol–water partition coefficient (Wildman–Crippen LogP) is 2.29. The standard InChI is InChI=1S/C16H21N3O4S2/c1-6-9-8(2)24-13(12(9)15(22)23-5)18-11(20)7-10-14(21)19(4)16(17-3)25-10/h10H,6-7H2,1-5H3,(H,18,20)/t10-/m1/s1. The highest BCUT2D eigenvalue weighted by molar-refractivity contribution is 8.15. The summed E-state index contributed by atoms with van der Waals surface area (Å²) in [5, 5.41) is 3.34. The summed E-state index contributed by atoms with van der Waals surface area (Å²) in [5.74, 6) is -0.931. The second kappa shape index (κ2) is 8.01. The van der Waals surface area contributed by atoms with Gasteiger partial charge in [0.2, 0.25) is 11.8 Å². The smallest absolute Gasteiger partial charge is 0.341 e. The Morgan fingerprint density at radius 2 is 2.08 bits per heavy atom. The SMILES string of the molecule is CCc1c(C)sc(NC(=O)C[C@H]2SC(=NC)N(C)C2=O)c1C(=O)OC. The lowest BCUT2D eigenvalue weighted by atomic mass is 10.1. The van der Waals surface area contributed by atoms with Gasteiger partial charge >= 0.3 is 5.97 Å². The number of thiophene rings is 1. The quantitative estimate of drug-likeness (QED) is 0.788. The molecule has 1 aromatic rings. The molecule has 1 atom stereocenters. The zero-order chi connectivity index (χ0) is 18.7. The van der Waals surface area contributed by atoms with Crippen molar-refractivity contribution in [3.8, 4) is 0 Å². The maximum absolute atomic E-state index is 12.4. The van der Waals surface area contributed by atoms with Crippen molar-refractivity contribution in [1.82, 2.24) is 4.90 Å². The van der Waals surface area contributed by atoms with Crippen LogP contribution >= 0.6 is 23.1 Å². The molecule has 2 heterocycles. The van der Waals surface area contributed by atoms with E-state index in [-0.39, 0.29) is 18.2 Å².